The highest BCUT2D eigenvalue weighted by atomic mass is 32.2. The predicted octanol–water partition coefficient (Wildman–Crippen LogP) is 1.11. The number of aryl methyl sites for hydroxylation is 1. The number of hydrogen-bond donors (Lipinski definition) is 2. The van der Waals surface area contributed by atoms with Gasteiger partial charge in [0.1, 0.15) is 5.03 Å². The van der Waals surface area contributed by atoms with Gasteiger partial charge in [0.2, 0.25) is 5.82 Å². The number of nitro groups is 1. The van der Waals surface area contributed by atoms with Crippen molar-refractivity contribution in [3.8, 4) is 0 Å². The maximum atomic E-state index is 11.3. The van der Waals surface area contributed by atoms with E-state index in [1.165, 1.54) is 18.2 Å². The number of nitrogen functional groups attached to an aromatic ring is 1. The number of hydrogen-bond acceptors (Lipinski definition) is 7. The number of H-pyrrole nitrogens is 1. The van der Waals surface area contributed by atoms with Gasteiger partial charge < -0.3 is 10.7 Å². The van der Waals surface area contributed by atoms with Crippen molar-refractivity contribution in [3.63, 3.8) is 0 Å². The van der Waals surface area contributed by atoms with Crippen LogP contribution in [-0.4, -0.2) is 19.9 Å². The van der Waals surface area contributed by atoms with Gasteiger partial charge in [-0.1, -0.05) is 0 Å². The third kappa shape index (κ3) is 3.07. The van der Waals surface area contributed by atoms with Crippen molar-refractivity contribution < 1.29 is 4.92 Å². The number of rotatable bonds is 3. The highest BCUT2D eigenvalue weighted by molar-refractivity contribution is 7.99. The van der Waals surface area contributed by atoms with Crippen molar-refractivity contribution in [2.75, 3.05) is 5.73 Å². The summed E-state index contributed by atoms with van der Waals surface area (Å²) >= 11 is 1.07. The minimum absolute atomic E-state index is 0.176. The van der Waals surface area contributed by atoms with E-state index < -0.39 is 4.92 Å². The van der Waals surface area contributed by atoms with Crippen LogP contribution in [0.2, 0.25) is 0 Å². The molecule has 0 aliphatic carbocycles. The Balaban J connectivity index is 2.31. The van der Waals surface area contributed by atoms with Crippen LogP contribution < -0.4 is 11.3 Å². The molecule has 0 radical (unpaired) electrons. The van der Waals surface area contributed by atoms with Gasteiger partial charge in [-0.2, -0.15) is 0 Å². The van der Waals surface area contributed by atoms with Crippen molar-refractivity contribution in [3.05, 3.63) is 44.4 Å². The largest absolute Gasteiger partial charge is 0.378 e. The molecule has 0 aliphatic rings. The van der Waals surface area contributed by atoms with Gasteiger partial charge in [-0.15, -0.1) is 0 Å². The molecule has 9 heteroatoms. The molecule has 0 atom stereocenters. The molecule has 0 bridgehead atoms. The lowest BCUT2D eigenvalue weighted by Gasteiger charge is -2.02. The zero-order valence-corrected chi connectivity index (χ0v) is 10.6. The third-order valence-corrected chi connectivity index (χ3v) is 2.95. The van der Waals surface area contributed by atoms with E-state index in [-0.39, 0.29) is 17.1 Å². The van der Waals surface area contributed by atoms with E-state index >= 15 is 0 Å². The van der Waals surface area contributed by atoms with E-state index in [1.807, 2.05) is 0 Å². The Morgan fingerprint density at radius 2 is 2.16 bits per heavy atom. The van der Waals surface area contributed by atoms with E-state index in [1.54, 1.807) is 6.92 Å². The molecular weight excluding hydrogens is 270 g/mol. The highest BCUT2D eigenvalue weighted by Gasteiger charge is 2.13. The van der Waals surface area contributed by atoms with Gasteiger partial charge in [-0.25, -0.2) is 9.97 Å². The van der Waals surface area contributed by atoms with Crippen LogP contribution in [-0.2, 0) is 0 Å². The van der Waals surface area contributed by atoms with Crippen molar-refractivity contribution in [2.45, 2.75) is 17.1 Å². The van der Waals surface area contributed by atoms with Gasteiger partial charge in [0, 0.05) is 17.8 Å². The summed E-state index contributed by atoms with van der Waals surface area (Å²) in [6.07, 6.45) is 0. The monoisotopic (exact) mass is 279 g/mol. The normalized spacial score (nSPS) is 10.4. The third-order valence-electron chi connectivity index (χ3n) is 2.12. The molecule has 0 fully saturated rings. The van der Waals surface area contributed by atoms with Crippen LogP contribution in [0, 0.1) is 17.0 Å². The Labute approximate surface area is 111 Å². The first kappa shape index (κ1) is 13.0. The lowest BCUT2D eigenvalue weighted by molar-refractivity contribution is -0.384. The Bertz CT molecular complexity index is 700. The average Bonchev–Trinajstić information content (AvgIpc) is 2.26. The molecule has 19 heavy (non-hydrogen) atoms. The van der Waals surface area contributed by atoms with Crippen LogP contribution in [0.4, 0.5) is 11.5 Å². The number of nitrogens with zero attached hydrogens (tertiary/aromatic N) is 3. The lowest BCUT2D eigenvalue weighted by Crippen LogP contribution is -2.08. The standard InChI is InChI=1S/C10H9N5O3S/c1-5-4-7(16)13-10(12-5)19-8-3-2-6(15(17)18)9(11)14-8/h2-4H,1H3,(H2,11,14)(H,12,13,16). The van der Waals surface area contributed by atoms with Crippen LogP contribution in [0.3, 0.4) is 0 Å². The second-order valence-electron chi connectivity index (χ2n) is 3.60. The van der Waals surface area contributed by atoms with Crippen LogP contribution in [0.5, 0.6) is 0 Å². The van der Waals surface area contributed by atoms with E-state index in [0.29, 0.717) is 15.9 Å². The molecule has 2 heterocycles. The number of pyridine rings is 1. The fourth-order valence-electron chi connectivity index (χ4n) is 1.36. The molecule has 2 aromatic rings. The summed E-state index contributed by atoms with van der Waals surface area (Å²) in [5.41, 5.74) is 5.52. The summed E-state index contributed by atoms with van der Waals surface area (Å²) in [4.78, 5) is 31.8. The fraction of sp³-hybridized carbons (Fsp3) is 0.100. The van der Waals surface area contributed by atoms with Crippen LogP contribution in [0.25, 0.3) is 0 Å². The second kappa shape index (κ2) is 5.06. The number of aromatic amines is 1. The van der Waals surface area contributed by atoms with Crippen LogP contribution in [0.15, 0.2) is 33.2 Å². The van der Waals surface area contributed by atoms with Gasteiger partial charge in [-0.05, 0) is 24.8 Å². The minimum atomic E-state index is -0.608. The predicted molar refractivity (Wildman–Crippen MR) is 69.0 cm³/mol. The van der Waals surface area contributed by atoms with Crippen molar-refractivity contribution >= 4 is 23.3 Å². The summed E-state index contributed by atoms with van der Waals surface area (Å²) in [5.74, 6) is -0.176. The molecule has 2 aromatic heterocycles. The summed E-state index contributed by atoms with van der Waals surface area (Å²) in [5, 5.41) is 11.4. The van der Waals surface area contributed by atoms with E-state index in [9.17, 15) is 14.9 Å². The molecule has 0 unspecified atom stereocenters. The summed E-state index contributed by atoms with van der Waals surface area (Å²) < 4.78 is 0. The van der Waals surface area contributed by atoms with E-state index in [2.05, 4.69) is 15.0 Å². The minimum Gasteiger partial charge on any atom is -0.378 e. The average molecular weight is 279 g/mol. The highest BCUT2D eigenvalue weighted by Crippen LogP contribution is 2.27. The fourth-order valence-corrected chi connectivity index (χ4v) is 2.18. The maximum Gasteiger partial charge on any atom is 0.311 e. The van der Waals surface area contributed by atoms with Gasteiger partial charge in [-0.3, -0.25) is 14.9 Å². The van der Waals surface area contributed by atoms with Crippen LogP contribution >= 0.6 is 11.8 Å². The van der Waals surface area contributed by atoms with Gasteiger partial charge in [0.15, 0.2) is 5.16 Å². The molecule has 0 saturated carbocycles. The zero-order chi connectivity index (χ0) is 14.0. The van der Waals surface area contributed by atoms with Gasteiger partial charge in [0.25, 0.3) is 5.56 Å². The molecule has 8 nitrogen and oxygen atoms in total. The van der Waals surface area contributed by atoms with E-state index in [0.717, 1.165) is 11.8 Å². The second-order valence-corrected chi connectivity index (χ2v) is 4.61. The lowest BCUT2D eigenvalue weighted by atomic mass is 10.4. The molecule has 3 N–H and O–H groups in total. The van der Waals surface area contributed by atoms with Crippen LogP contribution in [0.1, 0.15) is 5.69 Å². The topological polar surface area (TPSA) is 128 Å². The quantitative estimate of drug-likeness (QED) is 0.489. The van der Waals surface area contributed by atoms with Gasteiger partial charge >= 0.3 is 5.69 Å². The smallest absolute Gasteiger partial charge is 0.311 e. The molecule has 0 saturated heterocycles. The zero-order valence-electron chi connectivity index (χ0n) is 9.78. The molecule has 0 spiro atoms. The molecule has 0 amide bonds. The Morgan fingerprint density at radius 1 is 1.42 bits per heavy atom. The summed E-state index contributed by atoms with van der Waals surface area (Å²) in [6.45, 7) is 1.69. The molecular formula is C10H9N5O3S. The van der Waals surface area contributed by atoms with Gasteiger partial charge in [0.05, 0.1) is 4.92 Å². The Kier molecular flexibility index (Phi) is 3.47. The summed E-state index contributed by atoms with van der Waals surface area (Å²) in [7, 11) is 0. The van der Waals surface area contributed by atoms with Crippen molar-refractivity contribution in [2.24, 2.45) is 0 Å². The van der Waals surface area contributed by atoms with Crippen molar-refractivity contribution in [1.29, 1.82) is 0 Å². The Hall–Kier alpha value is -2.42. The Morgan fingerprint density at radius 3 is 2.74 bits per heavy atom. The first-order valence-electron chi connectivity index (χ1n) is 5.12. The number of nitrogens with one attached hydrogen (secondary N) is 1. The van der Waals surface area contributed by atoms with Crippen molar-refractivity contribution in [1.82, 2.24) is 15.0 Å². The molecule has 2 rings (SSSR count). The first-order valence-corrected chi connectivity index (χ1v) is 5.94. The summed E-state index contributed by atoms with van der Waals surface area (Å²) in [6, 6.07) is 4.07. The molecule has 0 aromatic carbocycles. The SMILES string of the molecule is Cc1cc(=O)[nH]c(Sc2ccc([N+](=O)[O-])c(N)n2)n1. The molecule has 98 valence electrons. The number of nitrogens with two attached hydrogens (primary N) is 1. The first-order chi connectivity index (χ1) is 8.95. The maximum absolute atomic E-state index is 11.3. The molecule has 0 aliphatic heterocycles. The van der Waals surface area contributed by atoms with E-state index in [4.69, 9.17) is 5.73 Å². The number of aromatic nitrogens is 3. The number of anilines is 1.